The van der Waals surface area contributed by atoms with Crippen LogP contribution in [0.25, 0.3) is 0 Å². The summed E-state index contributed by atoms with van der Waals surface area (Å²) in [6.07, 6.45) is 2.72. The van der Waals surface area contributed by atoms with Gasteiger partial charge in [0, 0.05) is 12.1 Å². The topological polar surface area (TPSA) is 79.5 Å². The summed E-state index contributed by atoms with van der Waals surface area (Å²) >= 11 is 0. The number of rotatable bonds is 4. The zero-order valence-electron chi connectivity index (χ0n) is 11.6. The van der Waals surface area contributed by atoms with Crippen LogP contribution in [0.4, 0.5) is 0 Å². The first-order valence-electron chi connectivity index (χ1n) is 6.46. The fourth-order valence-corrected chi connectivity index (χ4v) is 4.16. The molecule has 6 heteroatoms. The largest absolute Gasteiger partial charge is 0.462 e. The van der Waals surface area contributed by atoms with Gasteiger partial charge in [0.05, 0.1) is 0 Å². The molecule has 1 saturated carbocycles. The summed E-state index contributed by atoms with van der Waals surface area (Å²) in [5.74, 6) is 0.582. The predicted octanol–water partition coefficient (Wildman–Crippen LogP) is 1.94. The molecule has 0 aliphatic heterocycles. The van der Waals surface area contributed by atoms with Crippen molar-refractivity contribution in [2.75, 3.05) is 0 Å². The van der Waals surface area contributed by atoms with E-state index in [1.807, 2.05) is 0 Å². The SMILES string of the molecule is Cc1oc(CO)cc1S(=O)(=O)NC1CCC(C)(C)C1. The second-order valence-corrected chi connectivity index (χ2v) is 7.70. The summed E-state index contributed by atoms with van der Waals surface area (Å²) in [7, 11) is -3.57. The molecule has 19 heavy (non-hydrogen) atoms. The van der Waals surface area contributed by atoms with E-state index >= 15 is 0 Å². The van der Waals surface area contributed by atoms with Gasteiger partial charge in [0.15, 0.2) is 0 Å². The highest BCUT2D eigenvalue weighted by molar-refractivity contribution is 7.89. The predicted molar refractivity (Wildman–Crippen MR) is 71.1 cm³/mol. The second kappa shape index (κ2) is 4.92. The van der Waals surface area contributed by atoms with Gasteiger partial charge < -0.3 is 9.52 Å². The average molecular weight is 287 g/mol. The van der Waals surface area contributed by atoms with Crippen LogP contribution in [0.1, 0.15) is 44.6 Å². The molecular weight excluding hydrogens is 266 g/mol. The third kappa shape index (κ3) is 3.19. The molecular formula is C13H21NO4S. The Morgan fingerprint density at radius 1 is 1.53 bits per heavy atom. The van der Waals surface area contributed by atoms with E-state index in [2.05, 4.69) is 18.6 Å². The van der Waals surface area contributed by atoms with Crippen LogP contribution in [-0.2, 0) is 16.6 Å². The average Bonchev–Trinajstić information content (AvgIpc) is 2.81. The summed E-state index contributed by atoms with van der Waals surface area (Å²) < 4.78 is 32.5. The van der Waals surface area contributed by atoms with E-state index in [1.165, 1.54) is 6.07 Å². The van der Waals surface area contributed by atoms with Gasteiger partial charge in [0.1, 0.15) is 23.0 Å². The highest BCUT2D eigenvalue weighted by Crippen LogP contribution is 2.37. The Morgan fingerprint density at radius 2 is 2.21 bits per heavy atom. The Kier molecular flexibility index (Phi) is 3.77. The minimum Gasteiger partial charge on any atom is -0.462 e. The van der Waals surface area contributed by atoms with Crippen LogP contribution in [0.5, 0.6) is 0 Å². The molecule has 1 aliphatic rings. The molecule has 0 spiro atoms. The summed E-state index contributed by atoms with van der Waals surface area (Å²) in [4.78, 5) is 0.126. The lowest BCUT2D eigenvalue weighted by atomic mass is 9.92. The van der Waals surface area contributed by atoms with Crippen LogP contribution in [0.15, 0.2) is 15.4 Å². The van der Waals surface area contributed by atoms with Gasteiger partial charge in [-0.2, -0.15) is 0 Å². The van der Waals surface area contributed by atoms with Gasteiger partial charge in [0.25, 0.3) is 0 Å². The van der Waals surface area contributed by atoms with E-state index in [0.29, 0.717) is 5.76 Å². The lowest BCUT2D eigenvalue weighted by Gasteiger charge is -2.17. The van der Waals surface area contributed by atoms with Crippen molar-refractivity contribution in [3.63, 3.8) is 0 Å². The van der Waals surface area contributed by atoms with E-state index in [1.54, 1.807) is 6.92 Å². The van der Waals surface area contributed by atoms with E-state index in [9.17, 15) is 8.42 Å². The molecule has 5 nitrogen and oxygen atoms in total. The molecule has 2 rings (SSSR count). The van der Waals surface area contributed by atoms with E-state index < -0.39 is 10.0 Å². The smallest absolute Gasteiger partial charge is 0.244 e. The van der Waals surface area contributed by atoms with Crippen LogP contribution in [0, 0.1) is 12.3 Å². The molecule has 1 fully saturated rings. The maximum absolute atomic E-state index is 12.3. The van der Waals surface area contributed by atoms with Gasteiger partial charge in [-0.05, 0) is 31.6 Å². The van der Waals surface area contributed by atoms with Gasteiger partial charge in [-0.15, -0.1) is 0 Å². The van der Waals surface area contributed by atoms with E-state index in [-0.39, 0.29) is 28.7 Å². The molecule has 1 aromatic heterocycles. The van der Waals surface area contributed by atoms with E-state index in [4.69, 9.17) is 9.52 Å². The van der Waals surface area contributed by atoms with Gasteiger partial charge in [0.2, 0.25) is 10.0 Å². The third-order valence-electron chi connectivity index (χ3n) is 3.66. The summed E-state index contributed by atoms with van der Waals surface area (Å²) in [5.41, 5.74) is 0.189. The Balaban J connectivity index is 2.16. The van der Waals surface area contributed by atoms with Crippen LogP contribution in [0.3, 0.4) is 0 Å². The van der Waals surface area contributed by atoms with Crippen molar-refractivity contribution >= 4 is 10.0 Å². The van der Waals surface area contributed by atoms with Gasteiger partial charge in [-0.1, -0.05) is 13.8 Å². The van der Waals surface area contributed by atoms with Crippen molar-refractivity contribution in [1.29, 1.82) is 0 Å². The molecule has 1 aliphatic carbocycles. The molecule has 0 aromatic carbocycles. The minimum atomic E-state index is -3.57. The second-order valence-electron chi connectivity index (χ2n) is 6.02. The third-order valence-corrected chi connectivity index (χ3v) is 5.29. The molecule has 108 valence electrons. The molecule has 1 heterocycles. The lowest BCUT2D eigenvalue weighted by molar-refractivity contribution is 0.244. The van der Waals surface area contributed by atoms with Crippen LogP contribution in [0.2, 0.25) is 0 Å². The van der Waals surface area contributed by atoms with Gasteiger partial charge in [-0.25, -0.2) is 13.1 Å². The molecule has 0 saturated heterocycles. The number of sulfonamides is 1. The number of furan rings is 1. The number of aliphatic hydroxyl groups excluding tert-OH is 1. The quantitative estimate of drug-likeness (QED) is 0.887. The fraction of sp³-hybridized carbons (Fsp3) is 0.692. The first-order chi connectivity index (χ1) is 8.73. The Hall–Kier alpha value is -0.850. The van der Waals surface area contributed by atoms with Crippen LogP contribution >= 0.6 is 0 Å². The molecule has 1 atom stereocenters. The first-order valence-corrected chi connectivity index (χ1v) is 7.94. The monoisotopic (exact) mass is 287 g/mol. The fourth-order valence-electron chi connectivity index (χ4n) is 2.69. The van der Waals surface area contributed by atoms with Crippen molar-refractivity contribution in [3.05, 3.63) is 17.6 Å². The maximum Gasteiger partial charge on any atom is 0.244 e. The zero-order valence-corrected chi connectivity index (χ0v) is 12.4. The van der Waals surface area contributed by atoms with Crippen LogP contribution in [-0.4, -0.2) is 19.6 Å². The van der Waals surface area contributed by atoms with Crippen molar-refractivity contribution < 1.29 is 17.9 Å². The van der Waals surface area contributed by atoms with Gasteiger partial charge in [-0.3, -0.25) is 0 Å². The molecule has 0 bridgehead atoms. The lowest BCUT2D eigenvalue weighted by Crippen LogP contribution is -2.33. The number of nitrogens with one attached hydrogen (secondary N) is 1. The number of aryl methyl sites for hydroxylation is 1. The van der Waals surface area contributed by atoms with Crippen molar-refractivity contribution in [3.8, 4) is 0 Å². The minimum absolute atomic E-state index is 0.0214. The first kappa shape index (κ1) is 14.6. The summed E-state index contributed by atoms with van der Waals surface area (Å²) in [5, 5.41) is 8.98. The highest BCUT2D eigenvalue weighted by atomic mass is 32.2. The normalized spacial score (nSPS) is 22.8. The molecule has 1 unspecified atom stereocenters. The van der Waals surface area contributed by atoms with Crippen molar-refractivity contribution in [1.82, 2.24) is 4.72 Å². The van der Waals surface area contributed by atoms with E-state index in [0.717, 1.165) is 19.3 Å². The molecule has 0 amide bonds. The number of hydrogen-bond donors (Lipinski definition) is 2. The number of hydrogen-bond acceptors (Lipinski definition) is 4. The highest BCUT2D eigenvalue weighted by Gasteiger charge is 2.34. The molecule has 0 radical (unpaired) electrons. The Bertz CT molecular complexity index is 559. The maximum atomic E-state index is 12.3. The zero-order chi connectivity index (χ0) is 14.3. The van der Waals surface area contributed by atoms with Gasteiger partial charge >= 0.3 is 0 Å². The molecule has 2 N–H and O–H groups in total. The summed E-state index contributed by atoms with van der Waals surface area (Å²) in [6, 6.07) is 1.37. The molecule has 1 aromatic rings. The standard InChI is InChI=1S/C13H21NO4S/c1-9-12(6-11(8-15)18-9)19(16,17)14-10-4-5-13(2,3)7-10/h6,10,14-15H,4-5,7-8H2,1-3H3. The Morgan fingerprint density at radius 3 is 2.68 bits per heavy atom. The van der Waals surface area contributed by atoms with Crippen molar-refractivity contribution in [2.24, 2.45) is 5.41 Å². The number of aliphatic hydroxyl groups is 1. The Labute approximate surface area is 114 Å². The summed E-state index contributed by atoms with van der Waals surface area (Å²) in [6.45, 7) is 5.58. The van der Waals surface area contributed by atoms with Crippen LogP contribution < -0.4 is 4.72 Å². The van der Waals surface area contributed by atoms with Crippen molar-refractivity contribution in [2.45, 2.75) is 57.6 Å².